The van der Waals surface area contributed by atoms with Gasteiger partial charge in [0, 0.05) is 31.1 Å². The molecule has 1 fully saturated rings. The van der Waals surface area contributed by atoms with Gasteiger partial charge in [0.25, 0.3) is 11.5 Å². The van der Waals surface area contributed by atoms with Crippen LogP contribution in [-0.4, -0.2) is 82.1 Å². The first-order valence-electron chi connectivity index (χ1n) is 16.1. The van der Waals surface area contributed by atoms with Crippen molar-refractivity contribution >= 4 is 51.9 Å². The summed E-state index contributed by atoms with van der Waals surface area (Å²) in [7, 11) is 0. The lowest BCUT2D eigenvalue weighted by Gasteiger charge is -2.36. The number of hydrogen-bond donors (Lipinski definition) is 2. The van der Waals surface area contributed by atoms with Crippen LogP contribution in [0, 0.1) is 6.92 Å². The number of carbonyl (C=O) groups is 2. The highest BCUT2D eigenvalue weighted by atomic mass is 35.5. The van der Waals surface area contributed by atoms with E-state index in [0.29, 0.717) is 10.7 Å². The molecule has 266 valence electrons. The van der Waals surface area contributed by atoms with Gasteiger partial charge in [-0.1, -0.05) is 18.5 Å². The van der Waals surface area contributed by atoms with Crippen molar-refractivity contribution in [2.24, 2.45) is 0 Å². The van der Waals surface area contributed by atoms with Gasteiger partial charge in [0.2, 0.25) is 17.5 Å². The highest BCUT2D eigenvalue weighted by Gasteiger charge is 2.33. The first-order valence-corrected chi connectivity index (χ1v) is 17.3. The van der Waals surface area contributed by atoms with Gasteiger partial charge in [-0.25, -0.2) is 15.0 Å². The maximum Gasteiger partial charge on any atom is 0.416 e. The molecule has 7 rings (SSSR count). The number of halogens is 4. The number of anilines is 2. The molecule has 1 aliphatic carbocycles. The zero-order chi connectivity index (χ0) is 36.2. The molecule has 1 aliphatic heterocycles. The maximum absolute atomic E-state index is 14.2. The summed E-state index contributed by atoms with van der Waals surface area (Å²) in [6, 6.07) is 2.64. The van der Waals surface area contributed by atoms with E-state index in [9.17, 15) is 32.7 Å². The zero-order valence-corrected chi connectivity index (χ0v) is 28.9. The van der Waals surface area contributed by atoms with Crippen molar-refractivity contribution in [3.63, 3.8) is 0 Å². The van der Waals surface area contributed by atoms with E-state index in [2.05, 4.69) is 25.4 Å². The third-order valence-electron chi connectivity index (χ3n) is 8.91. The Morgan fingerprint density at radius 1 is 1.10 bits per heavy atom. The third kappa shape index (κ3) is 6.37. The molecule has 4 aromatic heterocycles. The molecule has 2 N–H and O–H groups in total. The monoisotopic (exact) mass is 742 g/mol. The average Bonchev–Trinajstić information content (AvgIpc) is 3.83. The van der Waals surface area contributed by atoms with Crippen LogP contribution in [0.1, 0.15) is 51.4 Å². The van der Waals surface area contributed by atoms with Gasteiger partial charge < -0.3 is 24.8 Å². The third-order valence-corrected chi connectivity index (χ3v) is 10.4. The fourth-order valence-electron chi connectivity index (χ4n) is 6.34. The Morgan fingerprint density at radius 3 is 2.55 bits per heavy atom. The average molecular weight is 743 g/mol. The minimum absolute atomic E-state index is 0.0184. The van der Waals surface area contributed by atoms with Gasteiger partial charge in [-0.2, -0.15) is 22.7 Å². The molecule has 1 saturated heterocycles. The van der Waals surface area contributed by atoms with Gasteiger partial charge in [-0.05, 0) is 50.8 Å². The van der Waals surface area contributed by atoms with Gasteiger partial charge in [-0.15, -0.1) is 16.4 Å². The largest absolute Gasteiger partial charge is 0.504 e. The second-order valence-electron chi connectivity index (χ2n) is 12.1. The summed E-state index contributed by atoms with van der Waals surface area (Å²) in [5.74, 6) is -1.09. The molecule has 1 aromatic carbocycles. The van der Waals surface area contributed by atoms with Crippen molar-refractivity contribution in [1.29, 1.82) is 0 Å². The second-order valence-corrected chi connectivity index (χ2v) is 13.6. The van der Waals surface area contributed by atoms with Crippen LogP contribution in [-0.2, 0) is 36.8 Å². The normalized spacial score (nSPS) is 14.7. The van der Waals surface area contributed by atoms with Crippen molar-refractivity contribution in [2.45, 2.75) is 52.3 Å². The van der Waals surface area contributed by atoms with Crippen LogP contribution in [0.2, 0.25) is 5.02 Å². The Balaban J connectivity index is 1.24. The van der Waals surface area contributed by atoms with E-state index in [1.54, 1.807) is 11.5 Å². The summed E-state index contributed by atoms with van der Waals surface area (Å²) in [4.78, 5) is 62.7. The van der Waals surface area contributed by atoms with Gasteiger partial charge in [0.05, 0.1) is 33.4 Å². The lowest BCUT2D eigenvalue weighted by molar-refractivity contribution is -0.137. The summed E-state index contributed by atoms with van der Waals surface area (Å²) in [5, 5.41) is 17.8. The predicted octanol–water partition coefficient (Wildman–Crippen LogP) is 4.14. The van der Waals surface area contributed by atoms with Crippen LogP contribution in [0.15, 0.2) is 29.3 Å². The first-order chi connectivity index (χ1) is 24.3. The number of alkyl halides is 3. The van der Waals surface area contributed by atoms with Crippen LogP contribution in [0.3, 0.4) is 0 Å². The number of aromatic nitrogens is 7. The molecule has 14 nitrogen and oxygen atoms in total. The molecule has 2 amide bonds. The first kappa shape index (κ1) is 34.4. The number of thiazole rings is 1. The molecule has 0 saturated carbocycles. The highest BCUT2D eigenvalue weighted by Crippen LogP contribution is 2.35. The van der Waals surface area contributed by atoms with Gasteiger partial charge in [0.15, 0.2) is 16.5 Å². The number of aromatic hydroxyl groups is 1. The number of hydrogen-bond acceptors (Lipinski definition) is 11. The minimum Gasteiger partial charge on any atom is -0.504 e. The topological polar surface area (TPSA) is 164 Å². The van der Waals surface area contributed by atoms with E-state index in [-0.39, 0.29) is 84.3 Å². The number of rotatable bonds is 7. The number of amides is 2. The predicted molar refractivity (Wildman–Crippen MR) is 181 cm³/mol. The summed E-state index contributed by atoms with van der Waals surface area (Å²) in [5.41, 5.74) is 0.405. The molecular weight excluding hydrogens is 713 g/mol. The Labute approximate surface area is 296 Å². The van der Waals surface area contributed by atoms with Crippen LogP contribution in [0.5, 0.6) is 5.75 Å². The fraction of sp³-hybridized carbons (Fsp3) is 0.375. The molecule has 0 spiro atoms. The number of fused-ring (bicyclic) bond motifs is 2. The quantitative estimate of drug-likeness (QED) is 0.248. The molecule has 0 unspecified atom stereocenters. The molecular formula is C32H30ClF3N10O4S. The Hall–Kier alpha value is -5.10. The van der Waals surface area contributed by atoms with Gasteiger partial charge in [0.1, 0.15) is 18.6 Å². The molecule has 51 heavy (non-hydrogen) atoms. The minimum atomic E-state index is -4.61. The zero-order valence-electron chi connectivity index (χ0n) is 27.3. The van der Waals surface area contributed by atoms with Crippen molar-refractivity contribution < 1.29 is 27.9 Å². The Kier molecular flexibility index (Phi) is 8.91. The fourth-order valence-corrected chi connectivity index (χ4v) is 7.65. The van der Waals surface area contributed by atoms with E-state index in [1.165, 1.54) is 22.6 Å². The molecule has 5 aromatic rings. The molecule has 0 bridgehead atoms. The van der Waals surface area contributed by atoms with Crippen LogP contribution >= 0.6 is 22.9 Å². The number of benzene rings is 1. The van der Waals surface area contributed by atoms with Crippen molar-refractivity contribution in [3.05, 3.63) is 73.1 Å². The summed E-state index contributed by atoms with van der Waals surface area (Å²) >= 11 is 7.58. The number of nitrogens with one attached hydrogen (secondary N) is 1. The summed E-state index contributed by atoms with van der Waals surface area (Å²) in [6.45, 7) is 3.86. The van der Waals surface area contributed by atoms with E-state index in [0.717, 1.165) is 52.5 Å². The van der Waals surface area contributed by atoms with Crippen LogP contribution < -0.4 is 15.8 Å². The number of aryl methyl sites for hydroxylation is 3. The Morgan fingerprint density at radius 2 is 1.86 bits per heavy atom. The van der Waals surface area contributed by atoms with Crippen LogP contribution in [0.25, 0.3) is 16.6 Å². The van der Waals surface area contributed by atoms with E-state index in [4.69, 9.17) is 16.6 Å². The van der Waals surface area contributed by atoms with Crippen molar-refractivity contribution in [1.82, 2.24) is 39.0 Å². The smallest absolute Gasteiger partial charge is 0.416 e. The highest BCUT2D eigenvalue weighted by molar-refractivity contribution is 7.15. The molecule has 0 radical (unpaired) electrons. The number of piperazine rings is 1. The van der Waals surface area contributed by atoms with Crippen LogP contribution in [0.4, 0.5) is 24.5 Å². The Bertz CT molecular complexity index is 2240. The summed E-state index contributed by atoms with van der Waals surface area (Å²) in [6.07, 6.45) is -0.369. The molecule has 5 heterocycles. The van der Waals surface area contributed by atoms with E-state index < -0.39 is 29.1 Å². The van der Waals surface area contributed by atoms with Gasteiger partial charge in [-0.3, -0.25) is 14.4 Å². The second kappa shape index (κ2) is 13.2. The van der Waals surface area contributed by atoms with Gasteiger partial charge >= 0.3 is 6.18 Å². The summed E-state index contributed by atoms with van der Waals surface area (Å²) < 4.78 is 42.3. The molecule has 0 atom stereocenters. The lowest BCUT2D eigenvalue weighted by Crippen LogP contribution is -2.51. The van der Waals surface area contributed by atoms with Crippen molar-refractivity contribution in [3.8, 4) is 16.6 Å². The van der Waals surface area contributed by atoms with Crippen molar-refractivity contribution in [2.75, 3.05) is 36.4 Å². The van der Waals surface area contributed by atoms with E-state index in [1.807, 2.05) is 11.8 Å². The number of nitrogens with zero attached hydrogens (tertiary/aromatic N) is 9. The molecule has 2 aliphatic rings. The SMILES string of the molecule is CCc1c(N2CCN(C(=O)c3ncnc(C)c3O)CC2)c(=O)n2nc(-c3nc4c(s3)CCC4)nc2n1CC(=O)Nc1ccc(C(F)(F)F)cc1Cl. The van der Waals surface area contributed by atoms with E-state index >= 15 is 0 Å². The maximum atomic E-state index is 14.2. The number of carbonyl (C=O) groups excluding carboxylic acids is 2. The lowest BCUT2D eigenvalue weighted by atomic mass is 10.2. The molecule has 19 heteroatoms. The standard InChI is InChI=1S/C32H30ClF3N10O4S/c1-3-21-25(43-9-11-44(12-10-43)29(49)24-26(48)16(2)37-15-38-24)30(50)46-31(41-27(42-46)28-40-20-5-4-6-22(20)51-28)45(21)14-23(47)39-19-8-7-17(13-18(19)33)32(34,35)36/h7-8,13,15,48H,3-6,9-12,14H2,1-2H3,(H,39,47).